The number of carbonyl (C=O) groups is 1. The van der Waals surface area contributed by atoms with Crippen LogP contribution in [0.2, 0.25) is 0 Å². The van der Waals surface area contributed by atoms with Gasteiger partial charge in [-0.15, -0.1) is 0 Å². The monoisotopic (exact) mass is 248 g/mol. The van der Waals surface area contributed by atoms with Gasteiger partial charge in [-0.25, -0.2) is 0 Å². The van der Waals surface area contributed by atoms with E-state index in [9.17, 15) is 14.9 Å². The molecule has 0 fully saturated rings. The van der Waals surface area contributed by atoms with Crippen LogP contribution in [0, 0.1) is 21.4 Å². The number of aryl methyl sites for hydroxylation is 1. The highest BCUT2D eigenvalue weighted by Gasteiger charge is 2.14. The van der Waals surface area contributed by atoms with E-state index < -0.39 is 4.92 Å². The summed E-state index contributed by atoms with van der Waals surface area (Å²) < 4.78 is 4.49. The topological polar surface area (TPSA) is 93.2 Å². The normalized spacial score (nSPS) is 9.56. The van der Waals surface area contributed by atoms with Gasteiger partial charge in [-0.2, -0.15) is 5.26 Å². The molecule has 0 saturated heterocycles. The van der Waals surface area contributed by atoms with Gasteiger partial charge in [-0.3, -0.25) is 14.9 Å². The number of methoxy groups -OCH3 is 1. The minimum Gasteiger partial charge on any atom is -0.469 e. The van der Waals surface area contributed by atoms with E-state index in [-0.39, 0.29) is 23.6 Å². The van der Waals surface area contributed by atoms with Crippen LogP contribution in [0.4, 0.5) is 5.69 Å². The Morgan fingerprint density at radius 2 is 2.28 bits per heavy atom. The van der Waals surface area contributed by atoms with Crippen molar-refractivity contribution in [3.8, 4) is 6.07 Å². The van der Waals surface area contributed by atoms with Crippen LogP contribution in [0.5, 0.6) is 0 Å². The van der Waals surface area contributed by atoms with Crippen molar-refractivity contribution in [1.82, 2.24) is 0 Å². The molecule has 94 valence electrons. The average Bonchev–Trinajstić information content (AvgIpc) is 2.38. The van der Waals surface area contributed by atoms with Gasteiger partial charge in [0.2, 0.25) is 0 Å². The molecule has 0 aliphatic rings. The fourth-order valence-corrected chi connectivity index (χ4v) is 1.54. The molecule has 0 aliphatic heterocycles. The van der Waals surface area contributed by atoms with Gasteiger partial charge >= 0.3 is 5.97 Å². The molecule has 1 aromatic rings. The van der Waals surface area contributed by atoms with E-state index in [1.54, 1.807) is 6.07 Å². The fraction of sp³-hybridized carbons (Fsp3) is 0.333. The number of rotatable bonds is 5. The lowest BCUT2D eigenvalue weighted by Crippen LogP contribution is -2.02. The number of nitro benzene ring substituents is 1. The van der Waals surface area contributed by atoms with Crippen LogP contribution < -0.4 is 0 Å². The van der Waals surface area contributed by atoms with E-state index in [0.717, 1.165) is 0 Å². The van der Waals surface area contributed by atoms with Crippen molar-refractivity contribution < 1.29 is 14.5 Å². The Bertz CT molecular complexity index is 505. The predicted octanol–water partition coefficient (Wildman–Crippen LogP) is 1.96. The smallest absolute Gasteiger partial charge is 0.305 e. The van der Waals surface area contributed by atoms with Crippen molar-refractivity contribution in [2.45, 2.75) is 19.3 Å². The molecule has 0 aliphatic carbocycles. The van der Waals surface area contributed by atoms with Gasteiger partial charge in [0.1, 0.15) is 0 Å². The van der Waals surface area contributed by atoms with Crippen molar-refractivity contribution in [3.05, 3.63) is 39.4 Å². The number of hydrogen-bond acceptors (Lipinski definition) is 5. The molecule has 18 heavy (non-hydrogen) atoms. The lowest BCUT2D eigenvalue weighted by molar-refractivity contribution is -0.385. The molecule has 0 radical (unpaired) electrons. The van der Waals surface area contributed by atoms with Crippen LogP contribution in [0.25, 0.3) is 0 Å². The van der Waals surface area contributed by atoms with Crippen molar-refractivity contribution in [2.75, 3.05) is 7.11 Å². The SMILES string of the molecule is COC(=O)CCCc1ccc(C#N)cc1[N+](=O)[O-]. The highest BCUT2D eigenvalue weighted by atomic mass is 16.6. The van der Waals surface area contributed by atoms with Crippen LogP contribution in [0.1, 0.15) is 24.0 Å². The van der Waals surface area contributed by atoms with E-state index in [1.807, 2.05) is 6.07 Å². The van der Waals surface area contributed by atoms with Gasteiger partial charge in [0.25, 0.3) is 5.69 Å². The van der Waals surface area contributed by atoms with E-state index in [1.165, 1.54) is 19.2 Å². The van der Waals surface area contributed by atoms with Gasteiger partial charge < -0.3 is 4.74 Å². The third-order valence-electron chi connectivity index (χ3n) is 2.47. The third kappa shape index (κ3) is 3.56. The summed E-state index contributed by atoms with van der Waals surface area (Å²) in [5.41, 5.74) is 0.681. The second-order valence-corrected chi connectivity index (χ2v) is 3.64. The lowest BCUT2D eigenvalue weighted by Gasteiger charge is -2.03. The van der Waals surface area contributed by atoms with Crippen LogP contribution in [0.15, 0.2) is 18.2 Å². The molecular weight excluding hydrogens is 236 g/mol. The van der Waals surface area contributed by atoms with E-state index >= 15 is 0 Å². The molecule has 0 bridgehead atoms. The fourth-order valence-electron chi connectivity index (χ4n) is 1.54. The zero-order valence-electron chi connectivity index (χ0n) is 9.88. The molecule has 0 unspecified atom stereocenters. The number of nitriles is 1. The number of ether oxygens (including phenoxy) is 1. The summed E-state index contributed by atoms with van der Waals surface area (Å²) >= 11 is 0. The first kappa shape index (κ1) is 13.6. The average molecular weight is 248 g/mol. The molecule has 1 rings (SSSR count). The summed E-state index contributed by atoms with van der Waals surface area (Å²) in [5.74, 6) is -0.341. The summed E-state index contributed by atoms with van der Waals surface area (Å²) in [5, 5.41) is 19.5. The number of hydrogen-bond donors (Lipinski definition) is 0. The minimum absolute atomic E-state index is 0.0843. The Balaban J connectivity index is 2.79. The molecule has 0 N–H and O–H groups in total. The van der Waals surface area contributed by atoms with E-state index in [4.69, 9.17) is 5.26 Å². The van der Waals surface area contributed by atoms with Gasteiger partial charge in [0.05, 0.1) is 23.7 Å². The maximum Gasteiger partial charge on any atom is 0.305 e. The van der Waals surface area contributed by atoms with Gasteiger partial charge in [0, 0.05) is 18.1 Å². The number of carbonyl (C=O) groups excluding carboxylic acids is 1. The van der Waals surface area contributed by atoms with Gasteiger partial charge in [0.15, 0.2) is 0 Å². The van der Waals surface area contributed by atoms with Crippen molar-refractivity contribution >= 4 is 11.7 Å². The Labute approximate surface area is 104 Å². The summed E-state index contributed by atoms with van der Waals surface area (Å²) in [6, 6.07) is 6.18. The van der Waals surface area contributed by atoms with Crippen molar-refractivity contribution in [2.24, 2.45) is 0 Å². The predicted molar refractivity (Wildman–Crippen MR) is 62.8 cm³/mol. The highest BCUT2D eigenvalue weighted by molar-refractivity contribution is 5.69. The number of nitro groups is 1. The third-order valence-corrected chi connectivity index (χ3v) is 2.47. The quantitative estimate of drug-likeness (QED) is 0.451. The van der Waals surface area contributed by atoms with Crippen LogP contribution >= 0.6 is 0 Å². The van der Waals surface area contributed by atoms with E-state index in [0.29, 0.717) is 18.4 Å². The van der Waals surface area contributed by atoms with Crippen molar-refractivity contribution in [3.63, 3.8) is 0 Å². The highest BCUT2D eigenvalue weighted by Crippen LogP contribution is 2.22. The van der Waals surface area contributed by atoms with Crippen LogP contribution in [-0.4, -0.2) is 18.0 Å². The minimum atomic E-state index is -0.520. The summed E-state index contributed by atoms with van der Waals surface area (Å²) in [4.78, 5) is 21.3. The Morgan fingerprint density at radius 1 is 1.56 bits per heavy atom. The van der Waals surface area contributed by atoms with Gasteiger partial charge in [-0.1, -0.05) is 6.07 Å². The summed E-state index contributed by atoms with van der Waals surface area (Å²) in [6.07, 6.45) is 1.09. The molecule has 1 aromatic carbocycles. The molecule has 0 aromatic heterocycles. The van der Waals surface area contributed by atoms with Crippen molar-refractivity contribution in [1.29, 1.82) is 5.26 Å². The molecule has 0 amide bonds. The van der Waals surface area contributed by atoms with E-state index in [2.05, 4.69) is 4.74 Å². The first-order valence-electron chi connectivity index (χ1n) is 5.32. The summed E-state index contributed by atoms with van der Waals surface area (Å²) in [7, 11) is 1.30. The molecule has 0 saturated carbocycles. The Morgan fingerprint density at radius 3 is 2.83 bits per heavy atom. The Kier molecular flexibility index (Phi) is 4.81. The molecule has 6 heteroatoms. The number of esters is 1. The van der Waals surface area contributed by atoms with Crippen LogP contribution in [-0.2, 0) is 16.0 Å². The molecule has 6 nitrogen and oxygen atoms in total. The largest absolute Gasteiger partial charge is 0.469 e. The first-order valence-corrected chi connectivity index (χ1v) is 5.32. The summed E-state index contributed by atoms with van der Waals surface area (Å²) in [6.45, 7) is 0. The second kappa shape index (κ2) is 6.35. The second-order valence-electron chi connectivity index (χ2n) is 3.64. The lowest BCUT2D eigenvalue weighted by atomic mass is 10.0. The number of benzene rings is 1. The van der Waals surface area contributed by atoms with Gasteiger partial charge in [-0.05, 0) is 18.9 Å². The maximum atomic E-state index is 10.9. The molecule has 0 spiro atoms. The standard InChI is InChI=1S/C12H12N2O4/c1-18-12(15)4-2-3-10-6-5-9(8-13)7-11(10)14(16)17/h5-7H,2-4H2,1H3. The Hall–Kier alpha value is -2.42. The zero-order valence-corrected chi connectivity index (χ0v) is 9.88. The number of nitrogens with zero attached hydrogens (tertiary/aromatic N) is 2. The molecule has 0 heterocycles. The van der Waals surface area contributed by atoms with Crippen LogP contribution in [0.3, 0.4) is 0 Å². The first-order chi connectivity index (χ1) is 8.58. The maximum absolute atomic E-state index is 10.9. The molecule has 0 atom stereocenters. The zero-order chi connectivity index (χ0) is 13.5. The molecular formula is C12H12N2O4.